The highest BCUT2D eigenvalue weighted by molar-refractivity contribution is 9.08. The molecular weight excluding hydrogens is 448 g/mol. The van der Waals surface area contributed by atoms with Crippen LogP contribution >= 0.6 is 15.9 Å². The summed E-state index contributed by atoms with van der Waals surface area (Å²) in [5.74, 6) is 0.335. The molecule has 0 aliphatic carbocycles. The Morgan fingerprint density at radius 1 is 0.742 bits per heavy atom. The molecule has 0 aromatic heterocycles. The maximum Gasteiger partial charge on any atom is 0.338 e. The summed E-state index contributed by atoms with van der Waals surface area (Å²) < 4.78 is 5.73. The number of rotatable bonds is 20. The minimum atomic E-state index is -0.176. The third kappa shape index (κ3) is 14.8. The van der Waals surface area contributed by atoms with E-state index < -0.39 is 0 Å². The topological polar surface area (TPSA) is 26.3 Å². The van der Waals surface area contributed by atoms with Crippen molar-refractivity contribution in [2.75, 3.05) is 6.61 Å². The summed E-state index contributed by atoms with van der Waals surface area (Å²) in [6.45, 7) is 5.11. The monoisotopic (exact) mass is 494 g/mol. The smallest absolute Gasteiger partial charge is 0.338 e. The molecule has 0 aliphatic heterocycles. The Bertz CT molecular complexity index is 540. The molecule has 178 valence electrons. The van der Waals surface area contributed by atoms with Gasteiger partial charge in [-0.05, 0) is 36.5 Å². The number of carbonyl (C=O) groups excluding carboxylic acids is 1. The summed E-state index contributed by atoms with van der Waals surface area (Å²) in [6.07, 6.45) is 21.1. The van der Waals surface area contributed by atoms with Crippen molar-refractivity contribution in [2.45, 2.75) is 122 Å². The zero-order valence-corrected chi connectivity index (χ0v) is 21.9. The van der Waals surface area contributed by atoms with Crippen LogP contribution in [0.5, 0.6) is 0 Å². The van der Waals surface area contributed by atoms with Crippen molar-refractivity contribution in [1.82, 2.24) is 0 Å². The van der Waals surface area contributed by atoms with E-state index in [0.29, 0.717) is 18.1 Å². The number of halogens is 1. The third-order valence-electron chi connectivity index (χ3n) is 6.23. The fourth-order valence-corrected chi connectivity index (χ4v) is 4.47. The second kappa shape index (κ2) is 19.8. The van der Waals surface area contributed by atoms with Gasteiger partial charge < -0.3 is 4.74 Å². The zero-order valence-electron chi connectivity index (χ0n) is 20.3. The number of alkyl halides is 1. The van der Waals surface area contributed by atoms with Gasteiger partial charge in [-0.25, -0.2) is 4.79 Å². The summed E-state index contributed by atoms with van der Waals surface area (Å²) in [6, 6.07) is 7.72. The van der Waals surface area contributed by atoms with Crippen molar-refractivity contribution in [3.63, 3.8) is 0 Å². The van der Waals surface area contributed by atoms with Crippen molar-refractivity contribution in [2.24, 2.45) is 5.92 Å². The largest absolute Gasteiger partial charge is 0.462 e. The van der Waals surface area contributed by atoms with Gasteiger partial charge in [-0.2, -0.15) is 0 Å². The van der Waals surface area contributed by atoms with E-state index in [1.807, 2.05) is 24.3 Å². The minimum Gasteiger partial charge on any atom is -0.462 e. The maximum atomic E-state index is 12.5. The molecule has 1 aromatic rings. The van der Waals surface area contributed by atoms with E-state index >= 15 is 0 Å². The molecule has 0 N–H and O–H groups in total. The number of unbranched alkanes of at least 4 members (excludes halogenated alkanes) is 12. The molecule has 1 aromatic carbocycles. The SMILES string of the molecule is CCCCCCCCCCC(CCCCCCCC)COC(=O)c1ccc(CBr)cc1. The first-order valence-electron chi connectivity index (χ1n) is 13.0. The van der Waals surface area contributed by atoms with Crippen LogP contribution in [0.25, 0.3) is 0 Å². The normalized spacial score (nSPS) is 12.1. The molecule has 1 rings (SSSR count). The van der Waals surface area contributed by atoms with Crippen LogP contribution in [0.2, 0.25) is 0 Å². The fraction of sp³-hybridized carbons (Fsp3) is 0.750. The first kappa shape index (κ1) is 28.2. The number of carbonyl (C=O) groups is 1. The van der Waals surface area contributed by atoms with Gasteiger partial charge in [0.1, 0.15) is 0 Å². The predicted molar refractivity (Wildman–Crippen MR) is 138 cm³/mol. The van der Waals surface area contributed by atoms with Crippen molar-refractivity contribution in [3.8, 4) is 0 Å². The van der Waals surface area contributed by atoms with Gasteiger partial charge in [-0.1, -0.05) is 132 Å². The first-order valence-corrected chi connectivity index (χ1v) is 14.1. The number of ether oxygens (including phenoxy) is 1. The quantitative estimate of drug-likeness (QED) is 0.102. The zero-order chi connectivity index (χ0) is 22.6. The van der Waals surface area contributed by atoms with Gasteiger partial charge >= 0.3 is 5.97 Å². The number of esters is 1. The van der Waals surface area contributed by atoms with Gasteiger partial charge in [0.2, 0.25) is 0 Å². The Kier molecular flexibility index (Phi) is 18.0. The van der Waals surface area contributed by atoms with Crippen molar-refractivity contribution in [3.05, 3.63) is 35.4 Å². The fourth-order valence-electron chi connectivity index (χ4n) is 4.10. The Balaban J connectivity index is 2.35. The summed E-state index contributed by atoms with van der Waals surface area (Å²) in [5, 5.41) is 0.807. The van der Waals surface area contributed by atoms with E-state index in [4.69, 9.17) is 4.74 Å². The maximum absolute atomic E-state index is 12.5. The lowest BCUT2D eigenvalue weighted by atomic mass is 9.94. The van der Waals surface area contributed by atoms with Crippen molar-refractivity contribution < 1.29 is 9.53 Å². The summed E-state index contributed by atoms with van der Waals surface area (Å²) in [7, 11) is 0. The molecule has 0 aliphatic rings. The van der Waals surface area contributed by atoms with Gasteiger partial charge in [0.15, 0.2) is 0 Å². The second-order valence-corrected chi connectivity index (χ2v) is 9.68. The van der Waals surface area contributed by atoms with E-state index in [1.54, 1.807) is 0 Å². The molecule has 0 saturated heterocycles. The molecule has 1 unspecified atom stereocenters. The molecule has 0 amide bonds. The molecule has 1 atom stereocenters. The molecule has 0 radical (unpaired) electrons. The third-order valence-corrected chi connectivity index (χ3v) is 6.87. The lowest BCUT2D eigenvalue weighted by Crippen LogP contribution is -2.15. The van der Waals surface area contributed by atoms with Crippen molar-refractivity contribution in [1.29, 1.82) is 0 Å². The Morgan fingerprint density at radius 2 is 1.19 bits per heavy atom. The standard InChI is InChI=1S/C28H47BrO2/c1-3-5-7-9-11-12-14-16-18-26(17-15-13-10-8-6-4-2)24-31-28(30)27-21-19-25(23-29)20-22-27/h19-22,26H,3-18,23-24H2,1-2H3. The predicted octanol–water partition coefficient (Wildman–Crippen LogP) is 9.64. The average molecular weight is 496 g/mol. The summed E-state index contributed by atoms with van der Waals surface area (Å²) >= 11 is 3.45. The van der Waals surface area contributed by atoms with E-state index in [2.05, 4.69) is 29.8 Å². The molecule has 0 spiro atoms. The second-order valence-electron chi connectivity index (χ2n) is 9.12. The number of benzene rings is 1. The lowest BCUT2D eigenvalue weighted by molar-refractivity contribution is 0.0422. The molecule has 3 heteroatoms. The molecule has 0 saturated carbocycles. The molecule has 0 bridgehead atoms. The van der Waals surface area contributed by atoms with E-state index in [9.17, 15) is 4.79 Å². The van der Waals surface area contributed by atoms with Gasteiger partial charge in [0.25, 0.3) is 0 Å². The first-order chi connectivity index (χ1) is 15.2. The van der Waals surface area contributed by atoms with Gasteiger partial charge in [-0.3, -0.25) is 0 Å². The van der Waals surface area contributed by atoms with Crippen molar-refractivity contribution >= 4 is 21.9 Å². The molecule has 31 heavy (non-hydrogen) atoms. The molecular formula is C28H47BrO2. The molecule has 0 heterocycles. The molecule has 0 fully saturated rings. The van der Waals surface area contributed by atoms with Crippen LogP contribution in [-0.4, -0.2) is 12.6 Å². The average Bonchev–Trinajstić information content (AvgIpc) is 2.80. The highest BCUT2D eigenvalue weighted by Gasteiger charge is 2.13. The Morgan fingerprint density at radius 3 is 1.65 bits per heavy atom. The van der Waals surface area contributed by atoms with Crippen LogP contribution < -0.4 is 0 Å². The highest BCUT2D eigenvalue weighted by atomic mass is 79.9. The van der Waals surface area contributed by atoms with Crippen LogP contribution in [-0.2, 0) is 10.1 Å². The van der Waals surface area contributed by atoms with E-state index in [0.717, 1.165) is 5.33 Å². The summed E-state index contributed by atoms with van der Waals surface area (Å²) in [5.41, 5.74) is 1.84. The Labute approximate surface area is 201 Å². The summed E-state index contributed by atoms with van der Waals surface area (Å²) in [4.78, 5) is 12.5. The van der Waals surface area contributed by atoms with Crippen LogP contribution in [0.15, 0.2) is 24.3 Å². The number of hydrogen-bond acceptors (Lipinski definition) is 2. The van der Waals surface area contributed by atoms with Crippen LogP contribution in [0.4, 0.5) is 0 Å². The van der Waals surface area contributed by atoms with E-state index in [-0.39, 0.29) is 5.97 Å². The van der Waals surface area contributed by atoms with Gasteiger partial charge in [0.05, 0.1) is 12.2 Å². The van der Waals surface area contributed by atoms with Crippen LogP contribution in [0.3, 0.4) is 0 Å². The van der Waals surface area contributed by atoms with E-state index in [1.165, 1.54) is 108 Å². The van der Waals surface area contributed by atoms with Gasteiger partial charge in [-0.15, -0.1) is 0 Å². The van der Waals surface area contributed by atoms with Crippen LogP contribution in [0.1, 0.15) is 133 Å². The van der Waals surface area contributed by atoms with Gasteiger partial charge in [0, 0.05) is 5.33 Å². The Hall–Kier alpha value is -0.830. The molecule has 2 nitrogen and oxygen atoms in total. The highest BCUT2D eigenvalue weighted by Crippen LogP contribution is 2.21. The number of hydrogen-bond donors (Lipinski definition) is 0. The minimum absolute atomic E-state index is 0.176. The van der Waals surface area contributed by atoms with Crippen LogP contribution in [0, 0.1) is 5.92 Å². The lowest BCUT2D eigenvalue weighted by Gasteiger charge is -2.17.